The summed E-state index contributed by atoms with van der Waals surface area (Å²) in [4.78, 5) is 0. The number of benzene rings is 2. The van der Waals surface area contributed by atoms with Crippen LogP contribution in [0.5, 0.6) is 5.75 Å². The number of ether oxygens (including phenoxy) is 2. The van der Waals surface area contributed by atoms with E-state index in [1.807, 2.05) is 30.3 Å². The number of hydrogen-bond acceptors (Lipinski definition) is 3. The summed E-state index contributed by atoms with van der Waals surface area (Å²) in [5.74, 6) is -0.253. The van der Waals surface area contributed by atoms with E-state index < -0.39 is 11.4 Å². The molecule has 2 aromatic rings. The molecule has 21 heavy (non-hydrogen) atoms. The topological polar surface area (TPSA) is 38.7 Å². The van der Waals surface area contributed by atoms with Crippen molar-refractivity contribution in [2.45, 2.75) is 12.0 Å². The zero-order valence-corrected chi connectivity index (χ0v) is 12.2. The fourth-order valence-corrected chi connectivity index (χ4v) is 2.38. The van der Waals surface area contributed by atoms with Crippen LogP contribution in [-0.2, 0) is 16.8 Å². The zero-order chi connectivity index (χ0) is 15.3. The highest BCUT2D eigenvalue weighted by atomic mass is 19.1. The predicted octanol–water partition coefficient (Wildman–Crippen LogP) is 2.91. The molecule has 0 amide bonds. The smallest absolute Gasteiger partial charge is 0.165 e. The summed E-state index contributed by atoms with van der Waals surface area (Å²) in [5.41, 5.74) is 0.219. The minimum Gasteiger partial charge on any atom is -0.494 e. The van der Waals surface area contributed by atoms with Crippen LogP contribution in [0.4, 0.5) is 4.39 Å². The van der Waals surface area contributed by atoms with E-state index in [1.165, 1.54) is 20.3 Å². The van der Waals surface area contributed by atoms with Crippen molar-refractivity contribution < 1.29 is 19.0 Å². The summed E-state index contributed by atoms with van der Waals surface area (Å²) in [6.45, 7) is 0.130. The molecule has 0 spiro atoms. The summed E-state index contributed by atoms with van der Waals surface area (Å²) < 4.78 is 23.8. The predicted molar refractivity (Wildman–Crippen MR) is 78.9 cm³/mol. The molecule has 0 saturated heterocycles. The van der Waals surface area contributed by atoms with E-state index >= 15 is 0 Å². The lowest BCUT2D eigenvalue weighted by Crippen LogP contribution is -2.33. The third-order valence-electron chi connectivity index (χ3n) is 3.41. The van der Waals surface area contributed by atoms with E-state index in [2.05, 4.69) is 0 Å². The highest BCUT2D eigenvalue weighted by molar-refractivity contribution is 5.32. The second-order valence-electron chi connectivity index (χ2n) is 4.98. The molecule has 0 aliphatic rings. The molecule has 0 heterocycles. The second-order valence-corrected chi connectivity index (χ2v) is 4.98. The molecule has 112 valence electrons. The average Bonchev–Trinajstić information content (AvgIpc) is 2.48. The van der Waals surface area contributed by atoms with Gasteiger partial charge >= 0.3 is 0 Å². The van der Waals surface area contributed by atoms with Crippen molar-refractivity contribution in [1.82, 2.24) is 0 Å². The second kappa shape index (κ2) is 6.70. The number of halogens is 1. The lowest BCUT2D eigenvalue weighted by atomic mass is 9.88. The Morgan fingerprint density at radius 3 is 2.38 bits per heavy atom. The minimum atomic E-state index is -1.20. The van der Waals surface area contributed by atoms with Crippen LogP contribution in [-0.4, -0.2) is 25.9 Å². The fraction of sp³-hybridized carbons (Fsp3) is 0.294. The van der Waals surface area contributed by atoms with Gasteiger partial charge in [-0.3, -0.25) is 0 Å². The summed E-state index contributed by atoms with van der Waals surface area (Å²) in [7, 11) is 2.95. The molecular formula is C17H19FO3. The number of methoxy groups -OCH3 is 2. The van der Waals surface area contributed by atoms with Crippen LogP contribution in [0.2, 0.25) is 0 Å². The van der Waals surface area contributed by atoms with Gasteiger partial charge in [-0.2, -0.15) is 0 Å². The molecule has 0 aliphatic heterocycles. The Labute approximate surface area is 124 Å². The summed E-state index contributed by atoms with van der Waals surface area (Å²) in [6, 6.07) is 13.9. The van der Waals surface area contributed by atoms with Gasteiger partial charge in [0.05, 0.1) is 13.7 Å². The van der Waals surface area contributed by atoms with Crippen molar-refractivity contribution in [3.8, 4) is 5.75 Å². The lowest BCUT2D eigenvalue weighted by molar-refractivity contribution is -0.0355. The quantitative estimate of drug-likeness (QED) is 0.889. The van der Waals surface area contributed by atoms with E-state index in [0.29, 0.717) is 5.56 Å². The van der Waals surface area contributed by atoms with Crippen molar-refractivity contribution in [2.75, 3.05) is 20.8 Å². The Balaban J connectivity index is 2.30. The maximum atomic E-state index is 13.8. The van der Waals surface area contributed by atoms with Gasteiger partial charge in [0.1, 0.15) is 5.60 Å². The first-order valence-corrected chi connectivity index (χ1v) is 6.68. The highest BCUT2D eigenvalue weighted by Gasteiger charge is 2.29. The van der Waals surface area contributed by atoms with E-state index in [4.69, 9.17) is 9.47 Å². The molecule has 0 saturated carbocycles. The molecule has 2 rings (SSSR count). The summed E-state index contributed by atoms with van der Waals surface area (Å²) in [5, 5.41) is 10.9. The van der Waals surface area contributed by atoms with Gasteiger partial charge < -0.3 is 14.6 Å². The minimum absolute atomic E-state index is 0.130. The molecule has 1 atom stereocenters. The van der Waals surface area contributed by atoms with Crippen molar-refractivity contribution in [3.05, 3.63) is 65.5 Å². The van der Waals surface area contributed by atoms with Crippen LogP contribution >= 0.6 is 0 Å². The van der Waals surface area contributed by atoms with E-state index in [0.717, 1.165) is 5.56 Å². The van der Waals surface area contributed by atoms with Crippen LogP contribution in [0.15, 0.2) is 48.5 Å². The number of aliphatic hydroxyl groups is 1. The number of hydrogen-bond donors (Lipinski definition) is 1. The highest BCUT2D eigenvalue weighted by Crippen LogP contribution is 2.28. The molecule has 1 unspecified atom stereocenters. The van der Waals surface area contributed by atoms with Gasteiger partial charge in [-0.25, -0.2) is 4.39 Å². The standard InChI is InChI=1S/C17H19FO3/c1-20-12-17(19,14-6-4-3-5-7-14)11-13-8-9-16(21-2)15(18)10-13/h3-10,19H,11-12H2,1-2H3. The molecule has 4 heteroatoms. The monoisotopic (exact) mass is 290 g/mol. The third-order valence-corrected chi connectivity index (χ3v) is 3.41. The Morgan fingerprint density at radius 1 is 1.10 bits per heavy atom. The molecule has 1 N–H and O–H groups in total. The Kier molecular flexibility index (Phi) is 4.94. The van der Waals surface area contributed by atoms with Gasteiger partial charge in [-0.15, -0.1) is 0 Å². The molecule has 3 nitrogen and oxygen atoms in total. The third kappa shape index (κ3) is 3.60. The van der Waals surface area contributed by atoms with Crippen molar-refractivity contribution in [1.29, 1.82) is 0 Å². The molecule has 0 bridgehead atoms. The SMILES string of the molecule is COCC(O)(Cc1ccc(OC)c(F)c1)c1ccccc1. The van der Waals surface area contributed by atoms with E-state index in [1.54, 1.807) is 12.1 Å². The van der Waals surface area contributed by atoms with E-state index in [-0.39, 0.29) is 18.8 Å². The summed E-state index contributed by atoms with van der Waals surface area (Å²) in [6.07, 6.45) is 0.256. The van der Waals surface area contributed by atoms with Crippen molar-refractivity contribution >= 4 is 0 Å². The zero-order valence-electron chi connectivity index (χ0n) is 12.2. The van der Waals surface area contributed by atoms with Crippen LogP contribution in [0.1, 0.15) is 11.1 Å². The van der Waals surface area contributed by atoms with Gasteiger partial charge in [-0.05, 0) is 23.3 Å². The van der Waals surface area contributed by atoms with Crippen LogP contribution in [0.3, 0.4) is 0 Å². The molecular weight excluding hydrogens is 271 g/mol. The van der Waals surface area contributed by atoms with Crippen molar-refractivity contribution in [2.24, 2.45) is 0 Å². The first-order chi connectivity index (χ1) is 10.1. The molecule has 0 aromatic heterocycles. The first-order valence-electron chi connectivity index (χ1n) is 6.68. The van der Waals surface area contributed by atoms with Crippen LogP contribution < -0.4 is 4.74 Å². The van der Waals surface area contributed by atoms with Crippen molar-refractivity contribution in [3.63, 3.8) is 0 Å². The van der Waals surface area contributed by atoms with Gasteiger partial charge in [-0.1, -0.05) is 36.4 Å². The lowest BCUT2D eigenvalue weighted by Gasteiger charge is -2.28. The van der Waals surface area contributed by atoms with E-state index in [9.17, 15) is 9.50 Å². The van der Waals surface area contributed by atoms with Crippen LogP contribution in [0.25, 0.3) is 0 Å². The Morgan fingerprint density at radius 2 is 1.81 bits per heavy atom. The first kappa shape index (κ1) is 15.5. The number of rotatable bonds is 6. The Bertz CT molecular complexity index is 586. The van der Waals surface area contributed by atoms with Gasteiger partial charge in [0.25, 0.3) is 0 Å². The molecule has 0 aliphatic carbocycles. The molecule has 2 aromatic carbocycles. The molecule has 0 fully saturated rings. The summed E-state index contributed by atoms with van der Waals surface area (Å²) >= 11 is 0. The maximum Gasteiger partial charge on any atom is 0.165 e. The van der Waals surface area contributed by atoms with Gasteiger partial charge in [0.2, 0.25) is 0 Å². The normalized spacial score (nSPS) is 13.7. The van der Waals surface area contributed by atoms with Gasteiger partial charge in [0.15, 0.2) is 11.6 Å². The Hall–Kier alpha value is -1.91. The largest absolute Gasteiger partial charge is 0.494 e. The average molecular weight is 290 g/mol. The van der Waals surface area contributed by atoms with Crippen LogP contribution in [0, 0.1) is 5.82 Å². The molecule has 0 radical (unpaired) electrons. The van der Waals surface area contributed by atoms with Gasteiger partial charge in [0, 0.05) is 13.5 Å². The fourth-order valence-electron chi connectivity index (χ4n) is 2.38. The maximum absolute atomic E-state index is 13.8.